The molecule has 7 aromatic rings. The van der Waals surface area contributed by atoms with E-state index in [2.05, 4.69) is 159 Å². The molecule has 0 atom stereocenters. The number of ether oxygens (including phenoxy) is 1. The van der Waals surface area contributed by atoms with Crippen LogP contribution in [0.4, 0.5) is 0 Å². The Kier molecular flexibility index (Phi) is 4.78. The summed E-state index contributed by atoms with van der Waals surface area (Å²) in [5.41, 5.74) is 15.0. The molecule has 0 radical (unpaired) electrons. The molecule has 0 unspecified atom stereocenters. The molecule has 0 saturated carbocycles. The fourth-order valence-electron chi connectivity index (χ4n) is 8.84. The smallest absolute Gasteiger partial charge is 0.132 e. The summed E-state index contributed by atoms with van der Waals surface area (Å²) in [6, 6.07) is 53.8. The Bertz CT molecular complexity index is 2340. The average molecular weight is 575 g/mol. The zero-order valence-corrected chi connectivity index (χ0v) is 25.3. The number of fused-ring (bicyclic) bond motifs is 13. The van der Waals surface area contributed by atoms with E-state index in [9.17, 15) is 0 Å². The highest BCUT2D eigenvalue weighted by Gasteiger charge is 2.51. The Morgan fingerprint density at radius 1 is 0.400 bits per heavy atom. The molecule has 10 rings (SSSR count). The summed E-state index contributed by atoms with van der Waals surface area (Å²) in [6.07, 6.45) is 0. The molecule has 1 spiro atoms. The molecule has 1 nitrogen and oxygen atoms in total. The zero-order chi connectivity index (χ0) is 29.9. The summed E-state index contributed by atoms with van der Waals surface area (Å²) >= 11 is 0. The fraction of sp³-hybridized carbons (Fsp3) is 0.0909. The molecule has 2 aliphatic carbocycles. The van der Waals surface area contributed by atoms with Gasteiger partial charge in [0.1, 0.15) is 11.5 Å². The van der Waals surface area contributed by atoms with Crippen LogP contribution >= 0.6 is 0 Å². The molecule has 0 saturated heterocycles. The normalized spacial score (nSPS) is 15.4. The summed E-state index contributed by atoms with van der Waals surface area (Å²) in [5.74, 6) is 1.85. The predicted molar refractivity (Wildman–Crippen MR) is 184 cm³/mol. The van der Waals surface area contributed by atoms with E-state index in [1.165, 1.54) is 77.5 Å². The maximum Gasteiger partial charge on any atom is 0.132 e. The highest BCUT2D eigenvalue weighted by molar-refractivity contribution is 5.94. The first-order valence-corrected chi connectivity index (χ1v) is 15.9. The van der Waals surface area contributed by atoms with E-state index in [1.54, 1.807) is 0 Å². The van der Waals surface area contributed by atoms with Crippen molar-refractivity contribution in [3.05, 3.63) is 179 Å². The third-order valence-corrected chi connectivity index (χ3v) is 10.7. The Labute approximate surface area is 263 Å². The van der Waals surface area contributed by atoms with Crippen LogP contribution in [-0.2, 0) is 10.8 Å². The number of benzene rings is 7. The second-order valence-electron chi connectivity index (χ2n) is 13.2. The minimum atomic E-state index is -0.507. The summed E-state index contributed by atoms with van der Waals surface area (Å²) in [5, 5.41) is 2.41. The van der Waals surface area contributed by atoms with Gasteiger partial charge in [0, 0.05) is 16.5 Å². The zero-order valence-electron chi connectivity index (χ0n) is 25.3. The Morgan fingerprint density at radius 3 is 1.64 bits per heavy atom. The van der Waals surface area contributed by atoms with Crippen molar-refractivity contribution in [2.75, 3.05) is 0 Å². The van der Waals surface area contributed by atoms with Crippen molar-refractivity contribution in [2.24, 2.45) is 0 Å². The topological polar surface area (TPSA) is 9.23 Å². The van der Waals surface area contributed by atoms with Crippen molar-refractivity contribution in [1.82, 2.24) is 0 Å². The summed E-state index contributed by atoms with van der Waals surface area (Å²) in [7, 11) is 0. The second-order valence-corrected chi connectivity index (χ2v) is 13.2. The van der Waals surface area contributed by atoms with Gasteiger partial charge in [0.05, 0.1) is 5.41 Å². The van der Waals surface area contributed by atoms with E-state index in [-0.39, 0.29) is 5.41 Å². The van der Waals surface area contributed by atoms with Gasteiger partial charge >= 0.3 is 0 Å². The van der Waals surface area contributed by atoms with Crippen LogP contribution < -0.4 is 4.74 Å². The lowest BCUT2D eigenvalue weighted by atomic mass is 9.65. The van der Waals surface area contributed by atoms with Gasteiger partial charge in [0.2, 0.25) is 0 Å². The fourth-order valence-corrected chi connectivity index (χ4v) is 8.84. The molecule has 0 aromatic heterocycles. The van der Waals surface area contributed by atoms with Crippen molar-refractivity contribution >= 4 is 10.8 Å². The first-order chi connectivity index (χ1) is 22.1. The monoisotopic (exact) mass is 574 g/mol. The summed E-state index contributed by atoms with van der Waals surface area (Å²) in [6.45, 7) is 4.74. The molecule has 1 heteroatoms. The van der Waals surface area contributed by atoms with E-state index in [0.29, 0.717) is 0 Å². The maximum atomic E-state index is 6.88. The van der Waals surface area contributed by atoms with E-state index < -0.39 is 5.41 Å². The van der Waals surface area contributed by atoms with Gasteiger partial charge in [-0.2, -0.15) is 0 Å². The van der Waals surface area contributed by atoms with Crippen molar-refractivity contribution in [3.8, 4) is 44.9 Å². The molecule has 1 aliphatic heterocycles. The SMILES string of the molecule is CC1(C)c2ccccc2-c2cccc(-c3ccc4c(c3)C3(c5cc6ccccc6cc5O4)c4ccccc4-c4ccccc43)c21. The van der Waals surface area contributed by atoms with Crippen LogP contribution in [0, 0.1) is 0 Å². The van der Waals surface area contributed by atoms with Gasteiger partial charge in [-0.1, -0.05) is 135 Å². The highest BCUT2D eigenvalue weighted by atomic mass is 16.5. The third kappa shape index (κ3) is 3.08. The van der Waals surface area contributed by atoms with Crippen LogP contribution in [0.1, 0.15) is 47.2 Å². The van der Waals surface area contributed by atoms with Crippen LogP contribution in [0.25, 0.3) is 44.2 Å². The molecular formula is C44H30O. The quantitative estimate of drug-likeness (QED) is 0.189. The lowest BCUT2D eigenvalue weighted by molar-refractivity contribution is 0.437. The van der Waals surface area contributed by atoms with Crippen LogP contribution in [0.5, 0.6) is 11.5 Å². The molecule has 3 aliphatic rings. The number of hydrogen-bond acceptors (Lipinski definition) is 1. The van der Waals surface area contributed by atoms with Gasteiger partial charge in [-0.05, 0) is 90.7 Å². The molecule has 0 fully saturated rings. The van der Waals surface area contributed by atoms with Crippen molar-refractivity contribution in [3.63, 3.8) is 0 Å². The third-order valence-electron chi connectivity index (χ3n) is 10.7. The molecule has 0 bridgehead atoms. The predicted octanol–water partition coefficient (Wildman–Crippen LogP) is 11.3. The average Bonchev–Trinajstić information content (AvgIpc) is 3.51. The van der Waals surface area contributed by atoms with Crippen molar-refractivity contribution in [1.29, 1.82) is 0 Å². The van der Waals surface area contributed by atoms with Gasteiger partial charge in [-0.25, -0.2) is 0 Å². The first kappa shape index (κ1) is 25.0. The summed E-state index contributed by atoms with van der Waals surface area (Å²) < 4.78 is 6.88. The van der Waals surface area contributed by atoms with E-state index >= 15 is 0 Å². The molecule has 212 valence electrons. The van der Waals surface area contributed by atoms with Gasteiger partial charge in [0.15, 0.2) is 0 Å². The molecule has 0 N–H and O–H groups in total. The minimum Gasteiger partial charge on any atom is -0.457 e. The lowest BCUT2D eigenvalue weighted by Crippen LogP contribution is -2.32. The largest absolute Gasteiger partial charge is 0.457 e. The van der Waals surface area contributed by atoms with Gasteiger partial charge in [-0.3, -0.25) is 0 Å². The Balaban J connectivity index is 1.30. The van der Waals surface area contributed by atoms with Crippen LogP contribution in [0.2, 0.25) is 0 Å². The standard InChI is InChI=1S/C44H30O/c1-43(2)35-19-8-5-16-33(35)34-18-11-17-30(42(34)43)29-22-23-40-38(25-29)44(39-24-27-12-3-4-13-28(27)26-41(39)45-40)36-20-9-6-14-31(36)32-15-7-10-21-37(32)44/h3-26H,1-2H3. The van der Waals surface area contributed by atoms with E-state index in [0.717, 1.165) is 11.5 Å². The Hall–Kier alpha value is -5.40. The molecule has 45 heavy (non-hydrogen) atoms. The van der Waals surface area contributed by atoms with E-state index in [1.807, 2.05) is 0 Å². The summed E-state index contributed by atoms with van der Waals surface area (Å²) in [4.78, 5) is 0. The number of rotatable bonds is 1. The van der Waals surface area contributed by atoms with Crippen molar-refractivity contribution in [2.45, 2.75) is 24.7 Å². The van der Waals surface area contributed by atoms with Crippen LogP contribution in [-0.4, -0.2) is 0 Å². The Morgan fingerprint density at radius 2 is 0.933 bits per heavy atom. The molecule has 1 heterocycles. The van der Waals surface area contributed by atoms with Crippen LogP contribution in [0.3, 0.4) is 0 Å². The molecular weight excluding hydrogens is 544 g/mol. The number of hydrogen-bond donors (Lipinski definition) is 0. The van der Waals surface area contributed by atoms with E-state index in [4.69, 9.17) is 4.74 Å². The van der Waals surface area contributed by atoms with Gasteiger partial charge < -0.3 is 4.74 Å². The first-order valence-electron chi connectivity index (χ1n) is 15.9. The molecule has 7 aromatic carbocycles. The van der Waals surface area contributed by atoms with Crippen molar-refractivity contribution < 1.29 is 4.74 Å². The highest BCUT2D eigenvalue weighted by Crippen LogP contribution is 2.63. The second kappa shape index (κ2) is 8.61. The van der Waals surface area contributed by atoms with Crippen LogP contribution in [0.15, 0.2) is 146 Å². The van der Waals surface area contributed by atoms with Gasteiger partial charge in [0.25, 0.3) is 0 Å². The van der Waals surface area contributed by atoms with Gasteiger partial charge in [-0.15, -0.1) is 0 Å². The maximum absolute atomic E-state index is 6.88. The minimum absolute atomic E-state index is 0.106. The molecule has 0 amide bonds. The lowest BCUT2D eigenvalue weighted by Gasteiger charge is -2.40.